The monoisotopic (exact) mass is 568 g/mol. The van der Waals surface area contributed by atoms with Gasteiger partial charge in [-0.3, -0.25) is 5.32 Å². The number of benzene rings is 3. The molecule has 0 aromatic heterocycles. The van der Waals surface area contributed by atoms with E-state index in [4.69, 9.17) is 25.6 Å². The van der Waals surface area contributed by atoms with Gasteiger partial charge in [0.15, 0.2) is 0 Å². The van der Waals surface area contributed by atoms with Crippen LogP contribution in [0.1, 0.15) is 70.6 Å². The standard InChI is InChI=1S/C32H45N2O3PS/c1-26(2)34-38(39,37-31(3,4)5)36-25-15-9-14-24-33-32(27-16-10-7-11-17-27,28-18-12-8-13-19-28)29-20-22-30(35-6)23-21-29/h7-8,10-13,16-23,26,33H,9,14-15,24-25H2,1-6H3,(H,34,39). The minimum Gasteiger partial charge on any atom is -0.497 e. The Kier molecular flexibility index (Phi) is 11.7. The van der Waals surface area contributed by atoms with E-state index in [1.165, 1.54) is 16.7 Å². The number of methoxy groups -OCH3 is 1. The average Bonchev–Trinajstić information content (AvgIpc) is 2.90. The highest BCUT2D eigenvalue weighted by Crippen LogP contribution is 2.48. The molecule has 1 unspecified atom stereocenters. The number of hydrogen-bond donors (Lipinski definition) is 2. The van der Waals surface area contributed by atoms with Crippen molar-refractivity contribution in [1.82, 2.24) is 10.4 Å². The van der Waals surface area contributed by atoms with Crippen LogP contribution >= 0.6 is 6.64 Å². The zero-order chi connectivity index (χ0) is 28.4. The van der Waals surface area contributed by atoms with Gasteiger partial charge in [-0.25, -0.2) is 5.09 Å². The van der Waals surface area contributed by atoms with Crippen molar-refractivity contribution < 1.29 is 13.8 Å². The van der Waals surface area contributed by atoms with Crippen molar-refractivity contribution in [3.05, 3.63) is 102 Å². The fourth-order valence-corrected chi connectivity index (χ4v) is 8.08. The van der Waals surface area contributed by atoms with Gasteiger partial charge in [0, 0.05) is 6.04 Å². The molecule has 0 bridgehead atoms. The second kappa shape index (κ2) is 14.5. The Morgan fingerprint density at radius 3 is 1.79 bits per heavy atom. The van der Waals surface area contributed by atoms with Crippen molar-refractivity contribution in [3.8, 4) is 5.75 Å². The third kappa shape index (κ3) is 9.24. The quantitative estimate of drug-likeness (QED) is 0.111. The van der Waals surface area contributed by atoms with E-state index in [-0.39, 0.29) is 11.6 Å². The number of unbranched alkanes of at least 4 members (excludes halogenated alkanes) is 2. The van der Waals surface area contributed by atoms with Gasteiger partial charge in [0.2, 0.25) is 0 Å². The highest BCUT2D eigenvalue weighted by Gasteiger charge is 2.35. The van der Waals surface area contributed by atoms with Crippen LogP contribution in [-0.4, -0.2) is 31.9 Å². The molecule has 0 spiro atoms. The molecule has 7 heteroatoms. The summed E-state index contributed by atoms with van der Waals surface area (Å²) in [5.74, 6) is 0.844. The third-order valence-corrected chi connectivity index (χ3v) is 9.22. The summed E-state index contributed by atoms with van der Waals surface area (Å²) in [7, 11) is 1.70. The lowest BCUT2D eigenvalue weighted by Gasteiger charge is -2.37. The molecule has 0 saturated carbocycles. The maximum atomic E-state index is 6.15. The molecule has 212 valence electrons. The first-order valence-corrected chi connectivity index (χ1v) is 16.5. The first kappa shape index (κ1) is 31.5. The predicted octanol–water partition coefficient (Wildman–Crippen LogP) is 7.80. The molecule has 2 N–H and O–H groups in total. The summed E-state index contributed by atoms with van der Waals surface area (Å²) in [6.07, 6.45) is 2.93. The largest absolute Gasteiger partial charge is 0.497 e. The summed E-state index contributed by atoms with van der Waals surface area (Å²) in [5.41, 5.74) is 2.72. The maximum absolute atomic E-state index is 6.15. The molecule has 0 aliphatic heterocycles. The third-order valence-electron chi connectivity index (χ3n) is 6.22. The first-order chi connectivity index (χ1) is 18.6. The highest BCUT2D eigenvalue weighted by atomic mass is 32.5. The SMILES string of the molecule is COc1ccc(C(NCCCCCOP(=S)(NC(C)C)OC(C)(C)C)(c2ccccc2)c2ccccc2)cc1. The first-order valence-electron chi connectivity index (χ1n) is 13.8. The van der Waals surface area contributed by atoms with Crippen LogP contribution in [0.4, 0.5) is 0 Å². The Hall–Kier alpha value is -2.05. The Labute approximate surface area is 240 Å². The smallest absolute Gasteiger partial charge is 0.261 e. The second-order valence-corrected chi connectivity index (χ2v) is 14.2. The Morgan fingerprint density at radius 1 is 0.769 bits per heavy atom. The number of ether oxygens (including phenoxy) is 1. The summed E-state index contributed by atoms with van der Waals surface area (Å²) in [4.78, 5) is 0. The van der Waals surface area contributed by atoms with Crippen LogP contribution in [-0.2, 0) is 26.4 Å². The minimum absolute atomic E-state index is 0.199. The van der Waals surface area contributed by atoms with Gasteiger partial charge in [0.1, 0.15) is 5.75 Å². The van der Waals surface area contributed by atoms with Crippen molar-refractivity contribution in [2.24, 2.45) is 0 Å². The van der Waals surface area contributed by atoms with Crippen LogP contribution < -0.4 is 15.1 Å². The van der Waals surface area contributed by atoms with Gasteiger partial charge < -0.3 is 13.8 Å². The Bertz CT molecular complexity index is 1130. The van der Waals surface area contributed by atoms with Gasteiger partial charge in [-0.1, -0.05) is 72.8 Å². The van der Waals surface area contributed by atoms with Gasteiger partial charge >= 0.3 is 0 Å². The minimum atomic E-state index is -2.55. The molecule has 0 amide bonds. The summed E-state index contributed by atoms with van der Waals surface area (Å²) >= 11 is 5.79. The van der Waals surface area contributed by atoms with E-state index in [1.807, 2.05) is 32.9 Å². The summed E-state index contributed by atoms with van der Waals surface area (Å²) in [6, 6.07) is 29.9. The molecular weight excluding hydrogens is 523 g/mol. The van der Waals surface area contributed by atoms with Crippen LogP contribution in [0.3, 0.4) is 0 Å². The molecule has 0 heterocycles. The van der Waals surface area contributed by atoms with E-state index in [9.17, 15) is 0 Å². The number of nitrogens with one attached hydrogen (secondary N) is 2. The summed E-state index contributed by atoms with van der Waals surface area (Å²) < 4.78 is 17.7. The van der Waals surface area contributed by atoms with Crippen LogP contribution in [0.15, 0.2) is 84.9 Å². The molecule has 5 nitrogen and oxygen atoms in total. The van der Waals surface area contributed by atoms with Gasteiger partial charge in [0.05, 0.1) is 24.9 Å². The van der Waals surface area contributed by atoms with E-state index in [1.54, 1.807) is 7.11 Å². The molecule has 3 aromatic carbocycles. The lowest BCUT2D eigenvalue weighted by molar-refractivity contribution is 0.111. The van der Waals surface area contributed by atoms with Crippen molar-refractivity contribution >= 4 is 18.4 Å². The van der Waals surface area contributed by atoms with Crippen molar-refractivity contribution in [2.75, 3.05) is 20.3 Å². The van der Waals surface area contributed by atoms with Gasteiger partial charge in [0.25, 0.3) is 6.64 Å². The molecule has 3 aromatic rings. The fourth-order valence-electron chi connectivity index (χ4n) is 4.65. The van der Waals surface area contributed by atoms with Crippen LogP contribution in [0, 0.1) is 0 Å². The number of hydrogen-bond acceptors (Lipinski definition) is 5. The topological polar surface area (TPSA) is 51.8 Å². The van der Waals surface area contributed by atoms with E-state index in [2.05, 4.69) is 97.0 Å². The zero-order valence-corrected chi connectivity index (χ0v) is 26.0. The molecule has 0 radical (unpaired) electrons. The van der Waals surface area contributed by atoms with Gasteiger partial charge in [-0.05, 0) is 101 Å². The molecule has 0 fully saturated rings. The molecule has 1 atom stereocenters. The lowest BCUT2D eigenvalue weighted by atomic mass is 9.77. The predicted molar refractivity (Wildman–Crippen MR) is 167 cm³/mol. The van der Waals surface area contributed by atoms with Crippen LogP contribution in [0.2, 0.25) is 0 Å². The van der Waals surface area contributed by atoms with Gasteiger partial charge in [-0.15, -0.1) is 0 Å². The van der Waals surface area contributed by atoms with E-state index in [0.29, 0.717) is 6.61 Å². The van der Waals surface area contributed by atoms with E-state index in [0.717, 1.165) is 31.6 Å². The molecular formula is C32H45N2O3PS. The molecule has 39 heavy (non-hydrogen) atoms. The van der Waals surface area contributed by atoms with Crippen molar-refractivity contribution in [1.29, 1.82) is 0 Å². The van der Waals surface area contributed by atoms with Crippen molar-refractivity contribution in [3.63, 3.8) is 0 Å². The van der Waals surface area contributed by atoms with Crippen molar-refractivity contribution in [2.45, 2.75) is 71.1 Å². The average molecular weight is 569 g/mol. The Morgan fingerprint density at radius 2 is 1.31 bits per heavy atom. The second-order valence-electron chi connectivity index (χ2n) is 11.0. The van der Waals surface area contributed by atoms with Crippen LogP contribution in [0.5, 0.6) is 5.75 Å². The lowest BCUT2D eigenvalue weighted by Crippen LogP contribution is -2.45. The molecule has 3 rings (SSSR count). The summed E-state index contributed by atoms with van der Waals surface area (Å²) in [6.45, 7) is 9.04. The maximum Gasteiger partial charge on any atom is 0.261 e. The highest BCUT2D eigenvalue weighted by molar-refractivity contribution is 8.09. The molecule has 0 aliphatic carbocycles. The Balaban J connectivity index is 1.72. The van der Waals surface area contributed by atoms with Gasteiger partial charge in [-0.2, -0.15) is 0 Å². The number of rotatable bonds is 15. The van der Waals surface area contributed by atoms with E-state index < -0.39 is 12.2 Å². The van der Waals surface area contributed by atoms with Crippen LogP contribution in [0.25, 0.3) is 0 Å². The zero-order valence-electron chi connectivity index (χ0n) is 24.3. The normalized spacial score (nSPS) is 13.8. The molecule has 0 aliphatic rings. The summed E-state index contributed by atoms with van der Waals surface area (Å²) in [5, 5.41) is 7.31. The van der Waals surface area contributed by atoms with E-state index >= 15 is 0 Å². The molecule has 0 saturated heterocycles. The fraction of sp³-hybridized carbons (Fsp3) is 0.438.